The molecule has 0 saturated heterocycles. The molecule has 0 radical (unpaired) electrons. The number of nitrogens with one attached hydrogen (secondary N) is 1. The first-order valence-electron chi connectivity index (χ1n) is 5.63. The second-order valence-corrected chi connectivity index (χ2v) is 5.18. The molecule has 2 aromatic rings. The number of hydrogen-bond donors (Lipinski definition) is 1. The predicted molar refractivity (Wildman–Crippen MR) is 68.0 cm³/mol. The quantitative estimate of drug-likeness (QED) is 0.857. The van der Waals surface area contributed by atoms with Gasteiger partial charge in [0.15, 0.2) is 0 Å². The van der Waals surface area contributed by atoms with Crippen molar-refractivity contribution in [3.63, 3.8) is 0 Å². The lowest BCUT2D eigenvalue weighted by molar-refractivity contribution is 0.632. The molecule has 1 aromatic carbocycles. The topological polar surface area (TPSA) is 24.9 Å². The highest BCUT2D eigenvalue weighted by Gasteiger charge is 2.17. The van der Waals surface area contributed by atoms with Crippen LogP contribution in [0, 0.1) is 0 Å². The molecular weight excluding hydrogens is 216 g/mol. The van der Waals surface area contributed by atoms with Crippen LogP contribution in [-0.2, 0) is 12.8 Å². The number of rotatable bonds is 2. The first kappa shape index (κ1) is 9.85. The van der Waals surface area contributed by atoms with Crippen LogP contribution in [0.3, 0.4) is 0 Å². The lowest BCUT2D eigenvalue weighted by atomic mass is 9.96. The van der Waals surface area contributed by atoms with Crippen molar-refractivity contribution in [2.24, 2.45) is 0 Å². The molecule has 3 rings (SSSR count). The Bertz CT molecular complexity index is 465. The normalized spacial score (nSPS) is 18.9. The van der Waals surface area contributed by atoms with E-state index in [9.17, 15) is 0 Å². The van der Waals surface area contributed by atoms with Crippen molar-refractivity contribution >= 4 is 17.0 Å². The second kappa shape index (κ2) is 4.26. The number of anilines is 1. The molecule has 0 bridgehead atoms. The largest absolute Gasteiger partial charge is 0.382 e. The fraction of sp³-hybridized carbons (Fsp3) is 0.308. The van der Waals surface area contributed by atoms with Crippen molar-refractivity contribution in [3.8, 4) is 0 Å². The average Bonchev–Trinajstić information content (AvgIpc) is 2.82. The minimum Gasteiger partial charge on any atom is -0.382 e. The monoisotopic (exact) mass is 230 g/mol. The van der Waals surface area contributed by atoms with E-state index in [1.165, 1.54) is 29.0 Å². The number of para-hydroxylation sites is 1. The number of aryl methyl sites for hydroxylation is 1. The van der Waals surface area contributed by atoms with Gasteiger partial charge in [-0.25, -0.2) is 0 Å². The minimum atomic E-state index is 0.565. The van der Waals surface area contributed by atoms with Crippen LogP contribution in [0.2, 0.25) is 0 Å². The predicted octanol–water partition coefficient (Wildman–Crippen LogP) is 3.11. The van der Waals surface area contributed by atoms with Crippen LogP contribution in [0.5, 0.6) is 0 Å². The molecule has 3 heteroatoms. The third-order valence-electron chi connectivity index (χ3n) is 3.07. The van der Waals surface area contributed by atoms with Gasteiger partial charge in [0.2, 0.25) is 0 Å². The van der Waals surface area contributed by atoms with Crippen LogP contribution in [0.4, 0.5) is 5.69 Å². The van der Waals surface area contributed by atoms with Gasteiger partial charge in [-0.1, -0.05) is 18.2 Å². The zero-order valence-corrected chi connectivity index (χ0v) is 9.83. The molecule has 0 amide bonds. The molecule has 0 spiro atoms. The van der Waals surface area contributed by atoms with Crippen molar-refractivity contribution < 1.29 is 0 Å². The molecule has 2 heterocycles. The molecule has 1 N–H and O–H groups in total. The van der Waals surface area contributed by atoms with Gasteiger partial charge in [0.1, 0.15) is 0 Å². The fourth-order valence-electron chi connectivity index (χ4n) is 2.24. The van der Waals surface area contributed by atoms with E-state index in [4.69, 9.17) is 0 Å². The highest BCUT2D eigenvalue weighted by atomic mass is 32.1. The maximum atomic E-state index is 4.12. The summed E-state index contributed by atoms with van der Waals surface area (Å²) in [6.45, 7) is 0. The number of aromatic nitrogens is 1. The summed E-state index contributed by atoms with van der Waals surface area (Å²) in [5, 5.41) is 3.61. The highest BCUT2D eigenvalue weighted by molar-refractivity contribution is 7.09. The first-order valence-corrected chi connectivity index (χ1v) is 6.51. The summed E-state index contributed by atoms with van der Waals surface area (Å²) in [5.41, 5.74) is 4.66. The molecule has 1 unspecified atom stereocenters. The van der Waals surface area contributed by atoms with Crippen LogP contribution in [0.1, 0.15) is 16.9 Å². The smallest absolute Gasteiger partial charge is 0.0794 e. The molecule has 1 aromatic heterocycles. The second-order valence-electron chi connectivity index (χ2n) is 4.21. The van der Waals surface area contributed by atoms with Gasteiger partial charge in [0, 0.05) is 29.2 Å². The van der Waals surface area contributed by atoms with E-state index in [2.05, 4.69) is 34.6 Å². The van der Waals surface area contributed by atoms with Crippen LogP contribution in [-0.4, -0.2) is 11.0 Å². The first-order chi connectivity index (χ1) is 7.92. The summed E-state index contributed by atoms with van der Waals surface area (Å²) in [7, 11) is 0. The Morgan fingerprint density at radius 2 is 2.31 bits per heavy atom. The zero-order valence-electron chi connectivity index (χ0n) is 9.02. The summed E-state index contributed by atoms with van der Waals surface area (Å²) >= 11 is 1.75. The molecule has 0 fully saturated rings. The van der Waals surface area contributed by atoms with Gasteiger partial charge in [-0.2, -0.15) is 0 Å². The van der Waals surface area contributed by atoms with E-state index < -0.39 is 0 Å². The van der Waals surface area contributed by atoms with Crippen LogP contribution in [0.15, 0.2) is 36.0 Å². The summed E-state index contributed by atoms with van der Waals surface area (Å²) in [5.74, 6) is 0. The van der Waals surface area contributed by atoms with Crippen LogP contribution < -0.4 is 5.32 Å². The molecule has 1 aliphatic heterocycles. The Labute approximate surface area is 99.4 Å². The lowest BCUT2D eigenvalue weighted by Crippen LogP contribution is -2.27. The molecule has 0 saturated carbocycles. The molecule has 16 heavy (non-hydrogen) atoms. The maximum Gasteiger partial charge on any atom is 0.0794 e. The third-order valence-corrected chi connectivity index (χ3v) is 3.87. The van der Waals surface area contributed by atoms with Crippen molar-refractivity contribution in [1.29, 1.82) is 0 Å². The molecule has 82 valence electrons. The minimum absolute atomic E-state index is 0.565. The van der Waals surface area contributed by atoms with Crippen molar-refractivity contribution in [2.75, 3.05) is 5.32 Å². The Hall–Kier alpha value is -1.35. The van der Waals surface area contributed by atoms with Crippen molar-refractivity contribution in [1.82, 2.24) is 4.98 Å². The van der Waals surface area contributed by atoms with Gasteiger partial charge < -0.3 is 5.32 Å². The fourth-order valence-corrected chi connectivity index (χ4v) is 2.92. The molecule has 1 aliphatic rings. The van der Waals surface area contributed by atoms with Gasteiger partial charge in [0.25, 0.3) is 0 Å². The Kier molecular flexibility index (Phi) is 2.62. The number of hydrogen-bond acceptors (Lipinski definition) is 3. The van der Waals surface area contributed by atoms with E-state index in [1.54, 1.807) is 11.3 Å². The number of nitrogens with zero attached hydrogens (tertiary/aromatic N) is 1. The van der Waals surface area contributed by atoms with Gasteiger partial charge in [-0.15, -0.1) is 11.3 Å². The Morgan fingerprint density at radius 1 is 1.38 bits per heavy atom. The lowest BCUT2D eigenvalue weighted by Gasteiger charge is -2.26. The summed E-state index contributed by atoms with van der Waals surface area (Å²) in [4.78, 5) is 5.49. The van der Waals surface area contributed by atoms with E-state index in [1.807, 2.05) is 11.7 Å². The van der Waals surface area contributed by atoms with Crippen LogP contribution >= 0.6 is 11.3 Å². The average molecular weight is 230 g/mol. The molecular formula is C13H14N2S. The van der Waals surface area contributed by atoms with Gasteiger partial charge in [-0.05, 0) is 24.5 Å². The summed E-state index contributed by atoms with van der Waals surface area (Å²) in [6, 6.07) is 9.17. The van der Waals surface area contributed by atoms with E-state index in [0.29, 0.717) is 6.04 Å². The SMILES string of the molecule is c1ccc2c(c1)CCC(Cc1cncs1)N2. The highest BCUT2D eigenvalue weighted by Crippen LogP contribution is 2.26. The summed E-state index contributed by atoms with van der Waals surface area (Å²) in [6.07, 6.45) is 5.48. The molecule has 0 aliphatic carbocycles. The standard InChI is InChI=1S/C13H14N2S/c1-2-4-13-10(3-1)5-6-11(15-13)7-12-8-14-9-16-12/h1-4,8-9,11,15H,5-7H2. The molecule has 2 nitrogen and oxygen atoms in total. The van der Waals surface area contributed by atoms with E-state index in [0.717, 1.165) is 6.42 Å². The number of benzene rings is 1. The number of fused-ring (bicyclic) bond motifs is 1. The van der Waals surface area contributed by atoms with Gasteiger partial charge in [0.05, 0.1) is 5.51 Å². The Morgan fingerprint density at radius 3 is 3.19 bits per heavy atom. The zero-order chi connectivity index (χ0) is 10.8. The number of thiazole rings is 1. The van der Waals surface area contributed by atoms with Gasteiger partial charge in [-0.3, -0.25) is 4.98 Å². The van der Waals surface area contributed by atoms with Gasteiger partial charge >= 0.3 is 0 Å². The van der Waals surface area contributed by atoms with Crippen LogP contribution in [0.25, 0.3) is 0 Å². The van der Waals surface area contributed by atoms with Crippen molar-refractivity contribution in [3.05, 3.63) is 46.4 Å². The van der Waals surface area contributed by atoms with E-state index in [-0.39, 0.29) is 0 Å². The van der Waals surface area contributed by atoms with E-state index >= 15 is 0 Å². The Balaban J connectivity index is 1.73. The summed E-state index contributed by atoms with van der Waals surface area (Å²) < 4.78 is 0. The van der Waals surface area contributed by atoms with Crippen molar-refractivity contribution in [2.45, 2.75) is 25.3 Å². The maximum absolute atomic E-state index is 4.12. The third kappa shape index (κ3) is 1.95. The molecule has 1 atom stereocenters.